The number of aromatic nitrogens is 1. The number of halogens is 1. The fourth-order valence-corrected chi connectivity index (χ4v) is 0.907. The van der Waals surface area contributed by atoms with Gasteiger partial charge in [0.25, 0.3) is 0 Å². The molecule has 0 aliphatic heterocycles. The van der Waals surface area contributed by atoms with Crippen LogP contribution in [0.5, 0.6) is 0 Å². The number of nitrogens with two attached hydrogens (primary N) is 1. The van der Waals surface area contributed by atoms with E-state index in [0.717, 1.165) is 6.42 Å². The minimum Gasteiger partial charge on any atom is -0.324 e. The van der Waals surface area contributed by atoms with Crippen molar-refractivity contribution in [2.45, 2.75) is 19.4 Å². The zero-order valence-corrected chi connectivity index (χ0v) is 6.42. The van der Waals surface area contributed by atoms with E-state index >= 15 is 0 Å². The van der Waals surface area contributed by atoms with Crippen molar-refractivity contribution in [3.8, 4) is 0 Å². The van der Waals surface area contributed by atoms with Crippen molar-refractivity contribution in [2.24, 2.45) is 5.73 Å². The third-order valence-corrected chi connectivity index (χ3v) is 1.64. The van der Waals surface area contributed by atoms with Crippen LogP contribution in [-0.2, 0) is 0 Å². The van der Waals surface area contributed by atoms with Crippen molar-refractivity contribution in [1.29, 1.82) is 0 Å². The molecule has 1 heterocycles. The van der Waals surface area contributed by atoms with Gasteiger partial charge in [-0.15, -0.1) is 0 Å². The summed E-state index contributed by atoms with van der Waals surface area (Å²) in [6, 6.07) is 1.40. The van der Waals surface area contributed by atoms with Gasteiger partial charge in [0.15, 0.2) is 0 Å². The van der Waals surface area contributed by atoms with Gasteiger partial charge in [-0.05, 0) is 12.5 Å². The zero-order valence-electron chi connectivity index (χ0n) is 6.42. The van der Waals surface area contributed by atoms with E-state index in [2.05, 4.69) is 4.98 Å². The summed E-state index contributed by atoms with van der Waals surface area (Å²) in [6.07, 6.45) is 3.47. The Hall–Kier alpha value is -0.960. The second-order valence-electron chi connectivity index (χ2n) is 2.41. The second kappa shape index (κ2) is 3.44. The molecule has 0 bridgehead atoms. The lowest BCUT2D eigenvalue weighted by Crippen LogP contribution is -2.10. The number of rotatable bonds is 2. The molecule has 0 unspecified atom stereocenters. The van der Waals surface area contributed by atoms with E-state index < -0.39 is 0 Å². The maximum absolute atomic E-state index is 12.9. The summed E-state index contributed by atoms with van der Waals surface area (Å²) in [5, 5.41) is 0. The fraction of sp³-hybridized carbons (Fsp3) is 0.375. The molecule has 0 aromatic carbocycles. The standard InChI is InChI=1S/C8H11FN2/c1-2-8(10)6-3-4-11-5-7(6)9/h3-5,8H,2,10H2,1H3/t8-/m0/s1. The van der Waals surface area contributed by atoms with Crippen LogP contribution >= 0.6 is 0 Å². The Morgan fingerprint density at radius 3 is 3.00 bits per heavy atom. The Morgan fingerprint density at radius 1 is 1.73 bits per heavy atom. The average Bonchev–Trinajstić information content (AvgIpc) is 2.04. The Morgan fingerprint density at radius 2 is 2.45 bits per heavy atom. The molecule has 1 aromatic heterocycles. The predicted molar refractivity (Wildman–Crippen MR) is 41.4 cm³/mol. The van der Waals surface area contributed by atoms with Crippen LogP contribution < -0.4 is 5.73 Å². The van der Waals surface area contributed by atoms with Crippen molar-refractivity contribution >= 4 is 0 Å². The molecule has 0 spiro atoms. The molecule has 0 fully saturated rings. The summed E-state index contributed by atoms with van der Waals surface area (Å²) in [4.78, 5) is 3.63. The molecular weight excluding hydrogens is 143 g/mol. The van der Waals surface area contributed by atoms with E-state index in [1.165, 1.54) is 6.20 Å². The molecule has 2 nitrogen and oxygen atoms in total. The molecule has 60 valence electrons. The highest BCUT2D eigenvalue weighted by atomic mass is 19.1. The predicted octanol–water partition coefficient (Wildman–Crippen LogP) is 1.63. The largest absolute Gasteiger partial charge is 0.324 e. The number of pyridine rings is 1. The quantitative estimate of drug-likeness (QED) is 0.703. The van der Waals surface area contributed by atoms with Crippen LogP contribution in [0, 0.1) is 5.82 Å². The lowest BCUT2D eigenvalue weighted by molar-refractivity contribution is 0.570. The highest BCUT2D eigenvalue weighted by Crippen LogP contribution is 2.15. The smallest absolute Gasteiger partial charge is 0.146 e. The molecule has 2 N–H and O–H groups in total. The van der Waals surface area contributed by atoms with E-state index in [1.807, 2.05) is 6.92 Å². The van der Waals surface area contributed by atoms with Gasteiger partial charge in [-0.25, -0.2) is 4.39 Å². The molecular formula is C8H11FN2. The lowest BCUT2D eigenvalue weighted by Gasteiger charge is -2.08. The molecule has 1 aromatic rings. The Kier molecular flexibility index (Phi) is 2.54. The summed E-state index contributed by atoms with van der Waals surface area (Å²) < 4.78 is 12.9. The minimum atomic E-state index is -0.318. The second-order valence-corrected chi connectivity index (χ2v) is 2.41. The molecule has 0 radical (unpaired) electrons. The van der Waals surface area contributed by atoms with Gasteiger partial charge in [0.05, 0.1) is 6.20 Å². The van der Waals surface area contributed by atoms with Gasteiger partial charge in [-0.3, -0.25) is 4.98 Å². The molecule has 0 aliphatic carbocycles. The lowest BCUT2D eigenvalue weighted by atomic mass is 10.1. The third kappa shape index (κ3) is 1.74. The maximum Gasteiger partial charge on any atom is 0.146 e. The zero-order chi connectivity index (χ0) is 8.27. The first-order valence-electron chi connectivity index (χ1n) is 3.60. The van der Waals surface area contributed by atoms with Crippen LogP contribution in [-0.4, -0.2) is 4.98 Å². The first-order chi connectivity index (χ1) is 5.25. The molecule has 11 heavy (non-hydrogen) atoms. The van der Waals surface area contributed by atoms with Gasteiger partial charge in [0.2, 0.25) is 0 Å². The van der Waals surface area contributed by atoms with Gasteiger partial charge in [0.1, 0.15) is 5.82 Å². The van der Waals surface area contributed by atoms with Gasteiger partial charge < -0.3 is 5.73 Å². The molecule has 0 amide bonds. The van der Waals surface area contributed by atoms with Crippen LogP contribution in [0.1, 0.15) is 24.9 Å². The van der Waals surface area contributed by atoms with Gasteiger partial charge in [0, 0.05) is 17.8 Å². The average molecular weight is 154 g/mol. The highest BCUT2D eigenvalue weighted by Gasteiger charge is 2.07. The minimum absolute atomic E-state index is 0.210. The summed E-state index contributed by atoms with van der Waals surface area (Å²) >= 11 is 0. The van der Waals surface area contributed by atoms with Crippen LogP contribution in [0.4, 0.5) is 4.39 Å². The molecule has 3 heteroatoms. The number of hydrogen-bond acceptors (Lipinski definition) is 2. The topological polar surface area (TPSA) is 38.9 Å². The monoisotopic (exact) mass is 154 g/mol. The van der Waals surface area contributed by atoms with Crippen LogP contribution in [0.3, 0.4) is 0 Å². The Bertz CT molecular complexity index is 237. The first-order valence-corrected chi connectivity index (χ1v) is 3.60. The summed E-state index contributed by atoms with van der Waals surface area (Å²) in [5.74, 6) is -0.318. The van der Waals surface area contributed by atoms with Crippen LogP contribution in [0.25, 0.3) is 0 Å². The Balaban J connectivity index is 2.93. The normalized spacial score (nSPS) is 13.0. The molecule has 0 aliphatic rings. The first kappa shape index (κ1) is 8.14. The van der Waals surface area contributed by atoms with Gasteiger partial charge >= 0.3 is 0 Å². The van der Waals surface area contributed by atoms with Crippen LogP contribution in [0.2, 0.25) is 0 Å². The molecule has 1 rings (SSSR count). The van der Waals surface area contributed by atoms with Gasteiger partial charge in [-0.2, -0.15) is 0 Å². The summed E-state index contributed by atoms with van der Waals surface area (Å²) in [7, 11) is 0. The Labute approximate surface area is 65.3 Å². The molecule has 1 atom stereocenters. The van der Waals surface area contributed by atoms with Crippen LogP contribution in [0.15, 0.2) is 18.5 Å². The fourth-order valence-electron chi connectivity index (χ4n) is 0.907. The van der Waals surface area contributed by atoms with Crippen molar-refractivity contribution in [2.75, 3.05) is 0 Å². The summed E-state index contributed by atoms with van der Waals surface area (Å²) in [6.45, 7) is 1.92. The summed E-state index contributed by atoms with van der Waals surface area (Å²) in [5.41, 5.74) is 6.17. The third-order valence-electron chi connectivity index (χ3n) is 1.64. The molecule has 0 saturated carbocycles. The number of nitrogens with zero attached hydrogens (tertiary/aromatic N) is 1. The van der Waals surface area contributed by atoms with Gasteiger partial charge in [-0.1, -0.05) is 6.92 Å². The highest BCUT2D eigenvalue weighted by molar-refractivity contribution is 5.16. The molecule has 0 saturated heterocycles. The van der Waals surface area contributed by atoms with E-state index in [4.69, 9.17) is 5.73 Å². The van der Waals surface area contributed by atoms with E-state index in [9.17, 15) is 4.39 Å². The number of hydrogen-bond donors (Lipinski definition) is 1. The maximum atomic E-state index is 12.9. The van der Waals surface area contributed by atoms with E-state index in [0.29, 0.717) is 5.56 Å². The van der Waals surface area contributed by atoms with Crippen molar-refractivity contribution in [1.82, 2.24) is 4.98 Å². The SMILES string of the molecule is CC[C@H](N)c1ccncc1F. The van der Waals surface area contributed by atoms with Crippen molar-refractivity contribution < 1.29 is 4.39 Å². The van der Waals surface area contributed by atoms with E-state index in [1.54, 1.807) is 12.3 Å². The van der Waals surface area contributed by atoms with Crippen molar-refractivity contribution in [3.05, 3.63) is 29.8 Å². The van der Waals surface area contributed by atoms with Crippen molar-refractivity contribution in [3.63, 3.8) is 0 Å². The van der Waals surface area contributed by atoms with E-state index in [-0.39, 0.29) is 11.9 Å².